The number of rotatable bonds is 3. The zero-order valence-electron chi connectivity index (χ0n) is 15.7. The Labute approximate surface area is 159 Å². The summed E-state index contributed by atoms with van der Waals surface area (Å²) in [6.45, 7) is 5.54. The predicted molar refractivity (Wildman–Crippen MR) is 106 cm³/mol. The summed E-state index contributed by atoms with van der Waals surface area (Å²) in [6.07, 6.45) is 7.00. The summed E-state index contributed by atoms with van der Waals surface area (Å²) >= 11 is 0. The molecule has 0 saturated heterocycles. The van der Waals surface area contributed by atoms with E-state index in [0.29, 0.717) is 34.7 Å². The van der Waals surface area contributed by atoms with Crippen LogP contribution in [-0.4, -0.2) is 32.9 Å². The van der Waals surface area contributed by atoms with E-state index < -0.39 is 14.8 Å². The van der Waals surface area contributed by atoms with Crippen molar-refractivity contribution in [3.05, 3.63) is 53.2 Å². The molecule has 0 bridgehead atoms. The summed E-state index contributed by atoms with van der Waals surface area (Å²) in [5, 5.41) is 0. The average molecular weight is 383 g/mol. The first-order valence-electron chi connectivity index (χ1n) is 8.52. The molecular weight excluding hydrogens is 362 g/mol. The first-order valence-corrected chi connectivity index (χ1v) is 9.96. The van der Waals surface area contributed by atoms with Gasteiger partial charge in [-0.25, -0.2) is 13.4 Å². The average Bonchev–Trinajstić information content (AvgIpc) is 2.79. The van der Waals surface area contributed by atoms with E-state index in [-0.39, 0.29) is 5.91 Å². The van der Waals surface area contributed by atoms with Gasteiger partial charge in [-0.2, -0.15) is 0 Å². The number of anilines is 2. The van der Waals surface area contributed by atoms with Gasteiger partial charge in [0, 0.05) is 30.9 Å². The zero-order valence-corrected chi connectivity index (χ0v) is 16.5. The summed E-state index contributed by atoms with van der Waals surface area (Å²) in [6, 6.07) is 8.35. The number of carbonyl (C=O) groups is 1. The second-order valence-corrected chi connectivity index (χ2v) is 9.33. The highest BCUT2D eigenvalue weighted by molar-refractivity contribution is 7.94. The van der Waals surface area contributed by atoms with Crippen LogP contribution in [0.25, 0.3) is 0 Å². The molecule has 2 aromatic rings. The lowest BCUT2D eigenvalue weighted by Crippen LogP contribution is -2.33. The molecule has 0 aliphatic carbocycles. The fourth-order valence-corrected chi connectivity index (χ4v) is 4.80. The molecule has 140 valence electrons. The molecule has 0 N–H and O–H groups in total. The topological polar surface area (TPSA) is 70.6 Å². The van der Waals surface area contributed by atoms with Gasteiger partial charge in [0.2, 0.25) is 10.0 Å². The summed E-state index contributed by atoms with van der Waals surface area (Å²) in [4.78, 5) is 18.9. The maximum Gasteiger partial charge on any atom is 0.259 e. The number of terminal acetylenes is 1. The lowest BCUT2D eigenvalue weighted by molar-refractivity contribution is 0.0987. The Kier molecular flexibility index (Phi) is 4.48. The Balaban J connectivity index is 2.05. The molecule has 0 spiro atoms. The number of carbonyl (C=O) groups excluding carboxylic acids is 1. The molecule has 27 heavy (non-hydrogen) atoms. The number of hydrogen-bond donors (Lipinski definition) is 0. The summed E-state index contributed by atoms with van der Waals surface area (Å²) in [5.74, 6) is 2.73. The van der Waals surface area contributed by atoms with Crippen LogP contribution in [0.15, 0.2) is 36.5 Å². The Morgan fingerprint density at radius 2 is 2.00 bits per heavy atom. The second kappa shape index (κ2) is 6.39. The molecule has 0 unspecified atom stereocenters. The molecule has 2 heterocycles. The van der Waals surface area contributed by atoms with Crippen LogP contribution in [0.5, 0.6) is 0 Å². The van der Waals surface area contributed by atoms with Crippen molar-refractivity contribution in [3.8, 4) is 12.3 Å². The number of benzene rings is 1. The highest BCUT2D eigenvalue weighted by Crippen LogP contribution is 2.46. The first kappa shape index (κ1) is 18.9. The third kappa shape index (κ3) is 2.77. The largest absolute Gasteiger partial charge is 0.293 e. The molecular formula is C20H21N3O3S. The maximum absolute atomic E-state index is 13.1. The van der Waals surface area contributed by atoms with Gasteiger partial charge in [-0.15, -0.1) is 6.42 Å². The van der Waals surface area contributed by atoms with Gasteiger partial charge in [-0.1, -0.05) is 5.92 Å². The second-order valence-electron chi connectivity index (χ2n) is 6.81. The lowest BCUT2D eigenvalue weighted by atomic mass is 9.97. The standard InChI is InChI=1S/C20H21N3O3S/c1-6-14-10-11-21-18(12-14)23(7-2)19(24)15-8-9-17-16(13-15)20(3,4)27(25,26)22(17)5/h1,8-13H,7H2,2-5H3. The van der Waals surface area contributed by atoms with E-state index >= 15 is 0 Å². The van der Waals surface area contributed by atoms with E-state index in [0.717, 1.165) is 0 Å². The van der Waals surface area contributed by atoms with Crippen molar-refractivity contribution in [2.75, 3.05) is 22.8 Å². The van der Waals surface area contributed by atoms with E-state index in [9.17, 15) is 13.2 Å². The van der Waals surface area contributed by atoms with Crippen molar-refractivity contribution in [1.82, 2.24) is 4.98 Å². The molecule has 0 radical (unpaired) electrons. The minimum absolute atomic E-state index is 0.260. The molecule has 1 aromatic carbocycles. The van der Waals surface area contributed by atoms with Crippen molar-refractivity contribution in [2.24, 2.45) is 0 Å². The monoisotopic (exact) mass is 383 g/mol. The minimum atomic E-state index is -3.52. The summed E-state index contributed by atoms with van der Waals surface area (Å²) < 4.78 is 25.4. The molecule has 7 heteroatoms. The van der Waals surface area contributed by atoms with E-state index in [1.54, 1.807) is 50.4 Å². The van der Waals surface area contributed by atoms with E-state index in [2.05, 4.69) is 10.9 Å². The number of fused-ring (bicyclic) bond motifs is 1. The minimum Gasteiger partial charge on any atom is -0.293 e. The maximum atomic E-state index is 13.1. The van der Waals surface area contributed by atoms with Crippen LogP contribution in [0.3, 0.4) is 0 Å². The Hall–Kier alpha value is -2.85. The van der Waals surface area contributed by atoms with Crippen molar-refractivity contribution < 1.29 is 13.2 Å². The molecule has 1 aliphatic heterocycles. The molecule has 1 aliphatic rings. The molecule has 0 saturated carbocycles. The Bertz CT molecular complexity index is 1070. The number of hydrogen-bond acceptors (Lipinski definition) is 4. The van der Waals surface area contributed by atoms with Crippen LogP contribution in [0.2, 0.25) is 0 Å². The SMILES string of the molecule is C#Cc1ccnc(N(CC)C(=O)c2ccc3c(c2)C(C)(C)S(=O)(=O)N3C)c1. The van der Waals surface area contributed by atoms with Crippen LogP contribution >= 0.6 is 0 Å². The highest BCUT2D eigenvalue weighted by atomic mass is 32.2. The van der Waals surface area contributed by atoms with Gasteiger partial charge < -0.3 is 0 Å². The van der Waals surface area contributed by atoms with Crippen LogP contribution in [0.4, 0.5) is 11.5 Å². The third-order valence-corrected chi connectivity index (χ3v) is 7.41. The molecule has 0 fully saturated rings. The van der Waals surface area contributed by atoms with Gasteiger partial charge in [-0.3, -0.25) is 14.0 Å². The highest BCUT2D eigenvalue weighted by Gasteiger charge is 2.48. The number of nitrogens with zero attached hydrogens (tertiary/aromatic N) is 3. The fraction of sp³-hybridized carbons (Fsp3) is 0.300. The predicted octanol–water partition coefficient (Wildman–Crippen LogP) is 2.74. The van der Waals surface area contributed by atoms with E-state index in [1.807, 2.05) is 6.92 Å². The van der Waals surface area contributed by atoms with Crippen LogP contribution in [0, 0.1) is 12.3 Å². The summed E-state index contributed by atoms with van der Waals surface area (Å²) in [5.41, 5.74) is 2.24. The lowest BCUT2D eigenvalue weighted by Gasteiger charge is -2.21. The van der Waals surface area contributed by atoms with Gasteiger partial charge in [0.1, 0.15) is 10.6 Å². The van der Waals surface area contributed by atoms with Crippen LogP contribution < -0.4 is 9.21 Å². The van der Waals surface area contributed by atoms with Crippen molar-refractivity contribution >= 4 is 27.4 Å². The van der Waals surface area contributed by atoms with Crippen molar-refractivity contribution in [3.63, 3.8) is 0 Å². The first-order chi connectivity index (χ1) is 12.6. The van der Waals surface area contributed by atoms with E-state index in [4.69, 9.17) is 6.42 Å². The van der Waals surface area contributed by atoms with Crippen molar-refractivity contribution in [2.45, 2.75) is 25.5 Å². The third-order valence-electron chi connectivity index (χ3n) is 4.99. The van der Waals surface area contributed by atoms with Gasteiger partial charge >= 0.3 is 0 Å². The quantitative estimate of drug-likeness (QED) is 0.764. The fourth-order valence-electron chi connectivity index (χ4n) is 3.26. The number of aromatic nitrogens is 1. The summed E-state index contributed by atoms with van der Waals surface area (Å²) in [7, 11) is -1.99. The molecule has 1 amide bonds. The molecule has 1 aromatic heterocycles. The van der Waals surface area contributed by atoms with Crippen LogP contribution in [0.1, 0.15) is 42.3 Å². The van der Waals surface area contributed by atoms with Gasteiger partial charge in [-0.05, 0) is 56.7 Å². The zero-order chi connectivity index (χ0) is 20.0. The number of amides is 1. The van der Waals surface area contributed by atoms with Crippen LogP contribution in [-0.2, 0) is 14.8 Å². The number of pyridine rings is 1. The molecule has 0 atom stereocenters. The van der Waals surface area contributed by atoms with Gasteiger partial charge in [0.25, 0.3) is 5.91 Å². The van der Waals surface area contributed by atoms with Gasteiger partial charge in [0.15, 0.2) is 0 Å². The van der Waals surface area contributed by atoms with Crippen molar-refractivity contribution in [1.29, 1.82) is 0 Å². The Morgan fingerprint density at radius 3 is 2.63 bits per heavy atom. The molecule has 3 rings (SSSR count). The number of sulfonamides is 1. The smallest absolute Gasteiger partial charge is 0.259 e. The Morgan fingerprint density at radius 1 is 1.30 bits per heavy atom. The van der Waals surface area contributed by atoms with E-state index in [1.165, 1.54) is 16.3 Å². The van der Waals surface area contributed by atoms with Gasteiger partial charge in [0.05, 0.1) is 5.69 Å². The normalized spacial score (nSPS) is 16.5. The molecule has 6 nitrogen and oxygen atoms in total.